The number of amides is 1. The molecule has 114 valence electrons. The molecule has 0 aromatic rings. The zero-order valence-corrected chi connectivity index (χ0v) is 12.6. The Morgan fingerprint density at radius 3 is 2.15 bits per heavy atom. The molecule has 4 nitrogen and oxygen atoms in total. The zero-order chi connectivity index (χ0) is 13.8. The Labute approximate surface area is 122 Å². The summed E-state index contributed by atoms with van der Waals surface area (Å²) in [7, 11) is 0. The largest absolute Gasteiger partial charge is 0.352 e. The fraction of sp³-hybridized carbons (Fsp3) is 0.938. The van der Waals surface area contributed by atoms with E-state index in [0.29, 0.717) is 6.04 Å². The topological polar surface area (TPSA) is 35.6 Å². The molecule has 1 aliphatic carbocycles. The van der Waals surface area contributed by atoms with Gasteiger partial charge >= 0.3 is 0 Å². The maximum absolute atomic E-state index is 11.2. The van der Waals surface area contributed by atoms with Crippen molar-refractivity contribution in [3.8, 4) is 0 Å². The molecule has 0 radical (unpaired) electrons. The fourth-order valence-corrected chi connectivity index (χ4v) is 4.02. The van der Waals surface area contributed by atoms with E-state index < -0.39 is 0 Å². The van der Waals surface area contributed by atoms with Crippen LogP contribution in [0, 0.1) is 5.92 Å². The number of carbonyl (C=O) groups excluding carboxylic acids is 1. The van der Waals surface area contributed by atoms with Crippen molar-refractivity contribution < 1.29 is 4.79 Å². The predicted molar refractivity (Wildman–Crippen MR) is 80.6 cm³/mol. The summed E-state index contributed by atoms with van der Waals surface area (Å²) in [5.41, 5.74) is 0. The van der Waals surface area contributed by atoms with E-state index in [2.05, 4.69) is 15.1 Å². The second-order valence-electron chi connectivity index (χ2n) is 6.91. The zero-order valence-electron chi connectivity index (χ0n) is 12.6. The highest BCUT2D eigenvalue weighted by atomic mass is 16.1. The van der Waals surface area contributed by atoms with Crippen LogP contribution in [-0.4, -0.2) is 61.0 Å². The number of nitrogens with zero attached hydrogens (tertiary/aromatic N) is 2. The van der Waals surface area contributed by atoms with Crippen molar-refractivity contribution in [2.75, 3.05) is 39.3 Å². The highest BCUT2D eigenvalue weighted by Crippen LogP contribution is 2.24. The molecule has 3 fully saturated rings. The lowest BCUT2D eigenvalue weighted by Crippen LogP contribution is -2.50. The number of carbonyl (C=O) groups is 1. The third-order valence-corrected chi connectivity index (χ3v) is 5.27. The molecule has 4 heteroatoms. The van der Waals surface area contributed by atoms with E-state index in [9.17, 15) is 4.79 Å². The first-order valence-electron chi connectivity index (χ1n) is 8.53. The number of nitrogens with one attached hydrogen (secondary N) is 1. The van der Waals surface area contributed by atoms with Gasteiger partial charge in [-0.1, -0.05) is 19.3 Å². The third-order valence-electron chi connectivity index (χ3n) is 5.27. The van der Waals surface area contributed by atoms with Crippen molar-refractivity contribution in [3.63, 3.8) is 0 Å². The van der Waals surface area contributed by atoms with E-state index in [4.69, 9.17) is 0 Å². The molecule has 2 aliphatic heterocycles. The number of hydrogen-bond donors (Lipinski definition) is 1. The fourth-order valence-electron chi connectivity index (χ4n) is 4.02. The monoisotopic (exact) mass is 279 g/mol. The summed E-state index contributed by atoms with van der Waals surface area (Å²) in [5.74, 6) is 1.20. The van der Waals surface area contributed by atoms with Crippen LogP contribution >= 0.6 is 0 Å². The molecular formula is C16H29N3O. The van der Waals surface area contributed by atoms with Crippen LogP contribution < -0.4 is 5.32 Å². The van der Waals surface area contributed by atoms with Crippen LogP contribution in [0.3, 0.4) is 0 Å². The van der Waals surface area contributed by atoms with Crippen molar-refractivity contribution in [2.45, 2.75) is 51.0 Å². The molecular weight excluding hydrogens is 250 g/mol. The number of rotatable bonds is 4. The minimum atomic E-state index is 0.242. The molecule has 0 aromatic heterocycles. The summed E-state index contributed by atoms with van der Waals surface area (Å²) in [6.45, 7) is 7.18. The standard InChI is InChI=1S/C16H29N3O/c20-16-7-6-15(17-16)13-19-10-8-18(9-11-19)12-14-4-2-1-3-5-14/h14-15H,1-13H2,(H,17,20). The van der Waals surface area contributed by atoms with Gasteiger partial charge in [0.25, 0.3) is 0 Å². The maximum atomic E-state index is 11.2. The van der Waals surface area contributed by atoms with Gasteiger partial charge in [-0.25, -0.2) is 0 Å². The van der Waals surface area contributed by atoms with E-state index in [1.165, 1.54) is 64.8 Å². The molecule has 1 saturated carbocycles. The Kier molecular flexibility index (Phi) is 4.94. The summed E-state index contributed by atoms with van der Waals surface area (Å²) in [5, 5.41) is 3.08. The maximum Gasteiger partial charge on any atom is 0.220 e. The minimum absolute atomic E-state index is 0.242. The molecule has 1 atom stereocenters. The van der Waals surface area contributed by atoms with Crippen LogP contribution in [0.4, 0.5) is 0 Å². The Hall–Kier alpha value is -0.610. The van der Waals surface area contributed by atoms with E-state index >= 15 is 0 Å². The van der Waals surface area contributed by atoms with Gasteiger partial charge in [0.2, 0.25) is 5.91 Å². The Bertz CT molecular complexity index is 320. The van der Waals surface area contributed by atoms with Gasteiger partial charge in [-0.05, 0) is 25.2 Å². The van der Waals surface area contributed by atoms with Crippen LogP contribution in [-0.2, 0) is 4.79 Å². The molecule has 0 aromatic carbocycles. The second kappa shape index (κ2) is 6.90. The van der Waals surface area contributed by atoms with Gasteiger partial charge in [-0.15, -0.1) is 0 Å². The van der Waals surface area contributed by atoms with Crippen molar-refractivity contribution in [1.29, 1.82) is 0 Å². The Balaban J connectivity index is 1.35. The Morgan fingerprint density at radius 2 is 1.55 bits per heavy atom. The summed E-state index contributed by atoms with van der Waals surface area (Å²) in [4.78, 5) is 16.4. The highest BCUT2D eigenvalue weighted by molar-refractivity contribution is 5.78. The molecule has 0 bridgehead atoms. The van der Waals surface area contributed by atoms with Crippen LogP contribution in [0.1, 0.15) is 44.9 Å². The van der Waals surface area contributed by atoms with E-state index in [0.717, 1.165) is 25.3 Å². The van der Waals surface area contributed by atoms with Crippen LogP contribution in [0.15, 0.2) is 0 Å². The van der Waals surface area contributed by atoms with Gasteiger partial charge in [0.05, 0.1) is 0 Å². The molecule has 0 spiro atoms. The predicted octanol–water partition coefficient (Wildman–Crippen LogP) is 1.46. The SMILES string of the molecule is O=C1CCC(CN2CCN(CC3CCCCC3)CC2)N1. The molecule has 20 heavy (non-hydrogen) atoms. The molecule has 1 N–H and O–H groups in total. The van der Waals surface area contributed by atoms with Gasteiger partial charge in [0.1, 0.15) is 0 Å². The van der Waals surface area contributed by atoms with Crippen LogP contribution in [0.5, 0.6) is 0 Å². The van der Waals surface area contributed by atoms with E-state index in [1.54, 1.807) is 0 Å². The summed E-state index contributed by atoms with van der Waals surface area (Å²) in [6, 6.07) is 0.410. The highest BCUT2D eigenvalue weighted by Gasteiger charge is 2.26. The van der Waals surface area contributed by atoms with Gasteiger partial charge in [-0.3, -0.25) is 9.69 Å². The molecule has 1 unspecified atom stereocenters. The number of hydrogen-bond acceptors (Lipinski definition) is 3. The summed E-state index contributed by atoms with van der Waals surface area (Å²) >= 11 is 0. The van der Waals surface area contributed by atoms with Gasteiger partial charge in [0, 0.05) is 51.7 Å². The van der Waals surface area contributed by atoms with Crippen molar-refractivity contribution in [2.24, 2.45) is 5.92 Å². The van der Waals surface area contributed by atoms with E-state index in [-0.39, 0.29) is 5.91 Å². The summed E-state index contributed by atoms with van der Waals surface area (Å²) < 4.78 is 0. The van der Waals surface area contributed by atoms with E-state index in [1.807, 2.05) is 0 Å². The average Bonchev–Trinajstić information content (AvgIpc) is 2.88. The smallest absolute Gasteiger partial charge is 0.220 e. The minimum Gasteiger partial charge on any atom is -0.352 e. The second-order valence-corrected chi connectivity index (χ2v) is 6.91. The molecule has 3 rings (SSSR count). The van der Waals surface area contributed by atoms with Gasteiger partial charge in [-0.2, -0.15) is 0 Å². The Morgan fingerprint density at radius 1 is 0.900 bits per heavy atom. The van der Waals surface area contributed by atoms with Gasteiger partial charge < -0.3 is 10.2 Å². The summed E-state index contributed by atoms with van der Waals surface area (Å²) in [6.07, 6.45) is 9.02. The third kappa shape index (κ3) is 3.95. The van der Waals surface area contributed by atoms with Crippen molar-refractivity contribution in [1.82, 2.24) is 15.1 Å². The first-order valence-corrected chi connectivity index (χ1v) is 8.53. The molecule has 2 saturated heterocycles. The van der Waals surface area contributed by atoms with Crippen LogP contribution in [0.25, 0.3) is 0 Å². The lowest BCUT2D eigenvalue weighted by atomic mass is 9.89. The average molecular weight is 279 g/mol. The van der Waals surface area contributed by atoms with Gasteiger partial charge in [0.15, 0.2) is 0 Å². The number of piperazine rings is 1. The van der Waals surface area contributed by atoms with Crippen LogP contribution in [0.2, 0.25) is 0 Å². The lowest BCUT2D eigenvalue weighted by Gasteiger charge is -2.38. The quantitative estimate of drug-likeness (QED) is 0.846. The lowest BCUT2D eigenvalue weighted by molar-refractivity contribution is -0.119. The van der Waals surface area contributed by atoms with Crippen molar-refractivity contribution in [3.05, 3.63) is 0 Å². The normalized spacial score (nSPS) is 30.6. The first kappa shape index (κ1) is 14.3. The molecule has 2 heterocycles. The molecule has 3 aliphatic rings. The first-order chi connectivity index (χ1) is 9.79. The van der Waals surface area contributed by atoms with Crippen molar-refractivity contribution >= 4 is 5.91 Å². The molecule has 1 amide bonds.